The van der Waals surface area contributed by atoms with Crippen LogP contribution in [-0.2, 0) is 16.4 Å². The third-order valence-corrected chi connectivity index (χ3v) is 4.90. The maximum atomic E-state index is 12.2. The lowest BCUT2D eigenvalue weighted by atomic mass is 10.1. The average Bonchev–Trinajstić information content (AvgIpc) is 2.46. The average molecular weight is 325 g/mol. The molecular weight excluding hydrogens is 308 g/mol. The van der Waals surface area contributed by atoms with E-state index in [0.29, 0.717) is 5.69 Å². The molecule has 0 saturated heterocycles. The van der Waals surface area contributed by atoms with E-state index in [-0.39, 0.29) is 9.92 Å². The Morgan fingerprint density at radius 3 is 2.52 bits per heavy atom. The number of unbranched alkanes of at least 4 members (excludes halogenated alkanes) is 1. The van der Waals surface area contributed by atoms with Gasteiger partial charge >= 0.3 is 0 Å². The molecule has 0 aliphatic heterocycles. The standard InChI is InChI=1S/C15H17ClN2O2S/c1-2-3-4-12-5-7-13(8-6-12)18-21(19,20)15-11-17-10-9-14(15)16/h5-11,18H,2-4H2,1H3. The van der Waals surface area contributed by atoms with Crippen LogP contribution in [0.25, 0.3) is 0 Å². The fourth-order valence-corrected chi connectivity index (χ4v) is 3.38. The molecule has 0 aliphatic carbocycles. The first-order valence-corrected chi connectivity index (χ1v) is 8.60. The van der Waals surface area contributed by atoms with Gasteiger partial charge in [-0.2, -0.15) is 0 Å². The first kappa shape index (κ1) is 15.8. The number of halogens is 1. The van der Waals surface area contributed by atoms with Crippen LogP contribution in [0.15, 0.2) is 47.6 Å². The van der Waals surface area contributed by atoms with Crippen molar-refractivity contribution in [2.75, 3.05) is 4.72 Å². The monoisotopic (exact) mass is 324 g/mol. The van der Waals surface area contributed by atoms with Gasteiger partial charge in [-0.1, -0.05) is 37.1 Å². The van der Waals surface area contributed by atoms with E-state index in [1.807, 2.05) is 12.1 Å². The number of hydrogen-bond donors (Lipinski definition) is 1. The van der Waals surface area contributed by atoms with Gasteiger partial charge in [0.15, 0.2) is 0 Å². The summed E-state index contributed by atoms with van der Waals surface area (Å²) in [6.45, 7) is 2.14. The van der Waals surface area contributed by atoms with Crippen LogP contribution < -0.4 is 4.72 Å². The zero-order chi connectivity index (χ0) is 15.3. The van der Waals surface area contributed by atoms with Gasteiger partial charge in [0, 0.05) is 18.1 Å². The molecular formula is C15H17ClN2O2S. The molecule has 1 aromatic carbocycles. The van der Waals surface area contributed by atoms with Crippen LogP contribution >= 0.6 is 11.6 Å². The first-order chi connectivity index (χ1) is 10.0. The van der Waals surface area contributed by atoms with Crippen molar-refractivity contribution in [2.45, 2.75) is 31.1 Å². The van der Waals surface area contributed by atoms with Gasteiger partial charge in [0.05, 0.1) is 5.02 Å². The first-order valence-electron chi connectivity index (χ1n) is 6.74. The molecule has 1 aromatic heterocycles. The van der Waals surface area contributed by atoms with Crippen LogP contribution in [0, 0.1) is 0 Å². The zero-order valence-corrected chi connectivity index (χ0v) is 13.3. The van der Waals surface area contributed by atoms with Gasteiger partial charge in [0.2, 0.25) is 0 Å². The molecule has 2 aromatic rings. The minimum Gasteiger partial charge on any atom is -0.280 e. The van der Waals surface area contributed by atoms with E-state index in [4.69, 9.17) is 11.6 Å². The number of nitrogens with one attached hydrogen (secondary N) is 1. The second-order valence-corrected chi connectivity index (χ2v) is 6.77. The Bertz CT molecular complexity index is 700. The molecule has 0 atom stereocenters. The third kappa shape index (κ3) is 4.19. The molecule has 112 valence electrons. The van der Waals surface area contributed by atoms with E-state index >= 15 is 0 Å². The molecule has 21 heavy (non-hydrogen) atoms. The molecule has 0 amide bonds. The minimum atomic E-state index is -3.72. The van der Waals surface area contributed by atoms with Crippen LogP contribution in [0.3, 0.4) is 0 Å². The van der Waals surface area contributed by atoms with Crippen molar-refractivity contribution in [3.63, 3.8) is 0 Å². The van der Waals surface area contributed by atoms with E-state index in [1.165, 1.54) is 24.0 Å². The molecule has 0 fully saturated rings. The summed E-state index contributed by atoms with van der Waals surface area (Å²) in [6, 6.07) is 8.82. The molecule has 1 N–H and O–H groups in total. The number of anilines is 1. The van der Waals surface area contributed by atoms with Crippen LogP contribution in [0.5, 0.6) is 0 Å². The van der Waals surface area contributed by atoms with Gasteiger partial charge in [-0.15, -0.1) is 0 Å². The van der Waals surface area contributed by atoms with Crippen molar-refractivity contribution in [1.29, 1.82) is 0 Å². The van der Waals surface area contributed by atoms with Gasteiger partial charge in [-0.05, 0) is 36.6 Å². The summed E-state index contributed by atoms with van der Waals surface area (Å²) in [5.41, 5.74) is 1.70. The van der Waals surface area contributed by atoms with E-state index in [9.17, 15) is 8.42 Å². The minimum absolute atomic E-state index is 0.0262. The Labute approximate surface area is 130 Å². The van der Waals surface area contributed by atoms with Gasteiger partial charge in [-0.3, -0.25) is 9.71 Å². The Morgan fingerprint density at radius 1 is 1.19 bits per heavy atom. The van der Waals surface area contributed by atoms with Gasteiger partial charge in [0.25, 0.3) is 10.0 Å². The molecule has 0 unspecified atom stereocenters. The van der Waals surface area contributed by atoms with Crippen molar-refractivity contribution in [2.24, 2.45) is 0 Å². The van der Waals surface area contributed by atoms with Crippen LogP contribution in [0.1, 0.15) is 25.3 Å². The van der Waals surface area contributed by atoms with Gasteiger partial charge in [0.1, 0.15) is 4.90 Å². The van der Waals surface area contributed by atoms with Crippen molar-refractivity contribution in [3.05, 3.63) is 53.3 Å². The molecule has 6 heteroatoms. The predicted octanol–water partition coefficient (Wildman–Crippen LogP) is 3.88. The number of nitrogens with zero attached hydrogens (tertiary/aromatic N) is 1. The topological polar surface area (TPSA) is 59.1 Å². The van der Waals surface area contributed by atoms with Gasteiger partial charge < -0.3 is 0 Å². The lowest BCUT2D eigenvalue weighted by Gasteiger charge is -2.09. The summed E-state index contributed by atoms with van der Waals surface area (Å²) >= 11 is 5.90. The lowest BCUT2D eigenvalue weighted by molar-refractivity contribution is 0.601. The summed E-state index contributed by atoms with van der Waals surface area (Å²) in [7, 11) is -3.72. The van der Waals surface area contributed by atoms with Crippen LogP contribution in [-0.4, -0.2) is 13.4 Å². The highest BCUT2D eigenvalue weighted by Gasteiger charge is 2.17. The van der Waals surface area contributed by atoms with Crippen molar-refractivity contribution in [3.8, 4) is 0 Å². The number of hydrogen-bond acceptors (Lipinski definition) is 3. The SMILES string of the molecule is CCCCc1ccc(NS(=O)(=O)c2cnccc2Cl)cc1. The molecule has 0 radical (unpaired) electrons. The lowest BCUT2D eigenvalue weighted by Crippen LogP contribution is -2.13. The number of aryl methyl sites for hydroxylation is 1. The van der Waals surface area contributed by atoms with Crippen molar-refractivity contribution < 1.29 is 8.42 Å². The van der Waals surface area contributed by atoms with E-state index < -0.39 is 10.0 Å². The van der Waals surface area contributed by atoms with E-state index in [0.717, 1.165) is 19.3 Å². The van der Waals surface area contributed by atoms with Crippen LogP contribution in [0.2, 0.25) is 5.02 Å². The largest absolute Gasteiger partial charge is 0.280 e. The highest BCUT2D eigenvalue weighted by Crippen LogP contribution is 2.22. The quantitative estimate of drug-likeness (QED) is 0.877. The second kappa shape index (κ2) is 6.91. The van der Waals surface area contributed by atoms with Crippen molar-refractivity contribution in [1.82, 2.24) is 4.98 Å². The highest BCUT2D eigenvalue weighted by atomic mass is 35.5. The molecule has 2 rings (SSSR count). The third-order valence-electron chi connectivity index (χ3n) is 3.05. The number of pyridine rings is 1. The van der Waals surface area contributed by atoms with Gasteiger partial charge in [-0.25, -0.2) is 8.42 Å². The summed E-state index contributed by atoms with van der Waals surface area (Å²) in [5, 5.41) is 0.150. The smallest absolute Gasteiger partial charge is 0.264 e. The maximum absolute atomic E-state index is 12.2. The molecule has 0 spiro atoms. The fraction of sp³-hybridized carbons (Fsp3) is 0.267. The Hall–Kier alpha value is -1.59. The Kier molecular flexibility index (Phi) is 5.20. The summed E-state index contributed by atoms with van der Waals surface area (Å²) in [4.78, 5) is 3.77. The highest BCUT2D eigenvalue weighted by molar-refractivity contribution is 7.92. The molecule has 0 saturated carbocycles. The normalized spacial score (nSPS) is 11.3. The van der Waals surface area contributed by atoms with Crippen LogP contribution in [0.4, 0.5) is 5.69 Å². The molecule has 0 aliphatic rings. The van der Waals surface area contributed by atoms with Crippen molar-refractivity contribution >= 4 is 27.3 Å². The summed E-state index contributed by atoms with van der Waals surface area (Å²) in [5.74, 6) is 0. The number of sulfonamides is 1. The molecule has 0 bridgehead atoms. The fourth-order valence-electron chi connectivity index (χ4n) is 1.89. The number of aromatic nitrogens is 1. The molecule has 4 nitrogen and oxygen atoms in total. The number of rotatable bonds is 6. The zero-order valence-electron chi connectivity index (χ0n) is 11.7. The molecule has 1 heterocycles. The Morgan fingerprint density at radius 2 is 1.90 bits per heavy atom. The second-order valence-electron chi connectivity index (χ2n) is 4.71. The summed E-state index contributed by atoms with van der Waals surface area (Å²) in [6.07, 6.45) is 5.94. The van der Waals surface area contributed by atoms with E-state index in [2.05, 4.69) is 16.6 Å². The predicted molar refractivity (Wildman–Crippen MR) is 85.1 cm³/mol. The summed E-state index contributed by atoms with van der Waals surface area (Å²) < 4.78 is 27.0. The number of benzene rings is 1. The Balaban J connectivity index is 2.16. The maximum Gasteiger partial charge on any atom is 0.264 e. The van der Waals surface area contributed by atoms with E-state index in [1.54, 1.807) is 12.1 Å².